The standard InChI is InChI=1S/C10H8O10/c11-2-1-10(17)4-7(13)18-5(8(14)15)3-6(12)19-20-9(10)16/h2-3,17H,1,4H2,(H,14,15)/b5-3-. The number of cyclic esters (lactones) is 1. The van der Waals surface area contributed by atoms with Gasteiger partial charge in [0.2, 0.25) is 5.76 Å². The van der Waals surface area contributed by atoms with Gasteiger partial charge in [0.05, 0.1) is 12.5 Å². The molecule has 20 heavy (non-hydrogen) atoms. The summed E-state index contributed by atoms with van der Waals surface area (Å²) in [5.74, 6) is -7.23. The zero-order valence-electron chi connectivity index (χ0n) is 9.73. The molecule has 1 aliphatic rings. The molecule has 10 nitrogen and oxygen atoms in total. The maximum absolute atomic E-state index is 11.4. The summed E-state index contributed by atoms with van der Waals surface area (Å²) in [4.78, 5) is 62.7. The molecule has 0 spiro atoms. The van der Waals surface area contributed by atoms with Crippen molar-refractivity contribution in [3.05, 3.63) is 11.8 Å². The van der Waals surface area contributed by atoms with Crippen molar-refractivity contribution in [1.82, 2.24) is 0 Å². The fraction of sp³-hybridized carbons (Fsp3) is 0.300. The molecular weight excluding hydrogens is 280 g/mol. The molecule has 0 aliphatic carbocycles. The fourth-order valence-corrected chi connectivity index (χ4v) is 1.19. The van der Waals surface area contributed by atoms with Gasteiger partial charge in [0.15, 0.2) is 5.60 Å². The highest BCUT2D eigenvalue weighted by atomic mass is 17.2. The van der Waals surface area contributed by atoms with Gasteiger partial charge in [-0.2, -0.15) is 0 Å². The summed E-state index contributed by atoms with van der Waals surface area (Å²) in [6.07, 6.45) is -1.52. The molecular formula is C10H8O10. The highest BCUT2D eigenvalue weighted by Crippen LogP contribution is 2.20. The molecule has 1 atom stereocenters. The molecule has 0 aromatic heterocycles. The normalized spacial score (nSPS) is 26.4. The van der Waals surface area contributed by atoms with Crippen LogP contribution in [0.4, 0.5) is 0 Å². The van der Waals surface area contributed by atoms with Gasteiger partial charge in [0.1, 0.15) is 6.29 Å². The zero-order chi connectivity index (χ0) is 15.3. The predicted molar refractivity (Wildman–Crippen MR) is 54.2 cm³/mol. The fourth-order valence-electron chi connectivity index (χ4n) is 1.19. The maximum Gasteiger partial charge on any atom is 0.387 e. The average Bonchev–Trinajstić information content (AvgIpc) is 2.34. The number of ether oxygens (including phenoxy) is 1. The largest absolute Gasteiger partial charge is 0.475 e. The number of aliphatic carboxylic acids is 1. The maximum atomic E-state index is 11.4. The summed E-state index contributed by atoms with van der Waals surface area (Å²) in [5.41, 5.74) is -2.62. The molecule has 0 radical (unpaired) electrons. The molecule has 108 valence electrons. The summed E-state index contributed by atoms with van der Waals surface area (Å²) in [6.45, 7) is 0. The number of carbonyl (C=O) groups excluding carboxylic acids is 4. The van der Waals surface area contributed by atoms with E-state index in [1.54, 1.807) is 0 Å². The van der Waals surface area contributed by atoms with E-state index in [0.717, 1.165) is 0 Å². The van der Waals surface area contributed by atoms with E-state index in [0.29, 0.717) is 0 Å². The molecule has 0 saturated heterocycles. The predicted octanol–water partition coefficient (Wildman–Crippen LogP) is -1.78. The van der Waals surface area contributed by atoms with Crippen LogP contribution in [0.2, 0.25) is 0 Å². The Labute approximate surface area is 110 Å². The van der Waals surface area contributed by atoms with Crippen LogP contribution in [0.5, 0.6) is 0 Å². The van der Waals surface area contributed by atoms with Gasteiger partial charge in [-0.3, -0.25) is 4.79 Å². The van der Waals surface area contributed by atoms with E-state index in [1.807, 2.05) is 0 Å². The van der Waals surface area contributed by atoms with Crippen molar-refractivity contribution in [2.75, 3.05) is 0 Å². The average molecular weight is 288 g/mol. The second-order valence-corrected chi connectivity index (χ2v) is 3.64. The Hall–Kier alpha value is -2.75. The van der Waals surface area contributed by atoms with E-state index in [4.69, 9.17) is 5.11 Å². The molecule has 1 rings (SSSR count). The quantitative estimate of drug-likeness (QED) is 0.346. The van der Waals surface area contributed by atoms with Crippen molar-refractivity contribution in [3.8, 4) is 0 Å². The molecule has 2 N–H and O–H groups in total. The van der Waals surface area contributed by atoms with E-state index in [2.05, 4.69) is 14.5 Å². The second kappa shape index (κ2) is 5.93. The van der Waals surface area contributed by atoms with Gasteiger partial charge in [-0.25, -0.2) is 24.2 Å². The third kappa shape index (κ3) is 3.62. The van der Waals surface area contributed by atoms with Crippen LogP contribution in [0.15, 0.2) is 11.8 Å². The van der Waals surface area contributed by atoms with Crippen LogP contribution in [0.3, 0.4) is 0 Å². The van der Waals surface area contributed by atoms with E-state index < -0.39 is 48.1 Å². The van der Waals surface area contributed by atoms with Crippen LogP contribution >= 0.6 is 0 Å². The third-order valence-corrected chi connectivity index (χ3v) is 2.12. The highest BCUT2D eigenvalue weighted by molar-refractivity contribution is 5.97. The van der Waals surface area contributed by atoms with Crippen molar-refractivity contribution < 1.29 is 48.7 Å². The first kappa shape index (κ1) is 15.3. The van der Waals surface area contributed by atoms with E-state index in [-0.39, 0.29) is 12.4 Å². The lowest BCUT2D eigenvalue weighted by atomic mass is 9.96. The molecule has 1 aliphatic heterocycles. The Morgan fingerprint density at radius 2 is 2.00 bits per heavy atom. The van der Waals surface area contributed by atoms with Gasteiger partial charge in [-0.15, -0.1) is 0 Å². The first-order chi connectivity index (χ1) is 9.28. The summed E-state index contributed by atoms with van der Waals surface area (Å²) in [5, 5.41) is 18.4. The summed E-state index contributed by atoms with van der Waals surface area (Å²) < 4.78 is 4.29. The lowest BCUT2D eigenvalue weighted by Crippen LogP contribution is -2.43. The Morgan fingerprint density at radius 3 is 2.55 bits per heavy atom. The highest BCUT2D eigenvalue weighted by Gasteiger charge is 2.43. The number of aldehydes is 1. The van der Waals surface area contributed by atoms with Crippen LogP contribution < -0.4 is 0 Å². The molecule has 0 bridgehead atoms. The Morgan fingerprint density at radius 1 is 1.35 bits per heavy atom. The van der Waals surface area contributed by atoms with Gasteiger partial charge in [-0.1, -0.05) is 0 Å². The molecule has 0 saturated carbocycles. The lowest BCUT2D eigenvalue weighted by molar-refractivity contribution is -0.267. The van der Waals surface area contributed by atoms with E-state index in [1.165, 1.54) is 0 Å². The monoisotopic (exact) mass is 288 g/mol. The first-order valence-electron chi connectivity index (χ1n) is 5.03. The van der Waals surface area contributed by atoms with Crippen molar-refractivity contribution in [2.45, 2.75) is 18.4 Å². The van der Waals surface area contributed by atoms with Crippen LogP contribution in [0.1, 0.15) is 12.8 Å². The molecule has 0 aromatic carbocycles. The van der Waals surface area contributed by atoms with Crippen LogP contribution in [-0.2, 0) is 38.5 Å². The summed E-state index contributed by atoms with van der Waals surface area (Å²) >= 11 is 0. The number of carboxylic acid groups (broad SMARTS) is 1. The van der Waals surface area contributed by atoms with Gasteiger partial charge in [-0.05, 0) is 0 Å². The van der Waals surface area contributed by atoms with Gasteiger partial charge < -0.3 is 19.7 Å². The molecule has 0 aromatic rings. The van der Waals surface area contributed by atoms with Crippen LogP contribution in [-0.4, -0.2) is 46.0 Å². The van der Waals surface area contributed by atoms with Crippen molar-refractivity contribution in [1.29, 1.82) is 0 Å². The molecule has 0 amide bonds. The first-order valence-corrected chi connectivity index (χ1v) is 5.03. The Kier molecular flexibility index (Phi) is 4.54. The van der Waals surface area contributed by atoms with Crippen molar-refractivity contribution >= 4 is 30.2 Å². The van der Waals surface area contributed by atoms with Crippen LogP contribution in [0, 0.1) is 0 Å². The SMILES string of the molecule is O=CCC1(O)CC(=O)O/C(C(=O)O)=C\C(=O)OOC1=O. The second-order valence-electron chi connectivity index (χ2n) is 3.64. The van der Waals surface area contributed by atoms with Crippen molar-refractivity contribution in [3.63, 3.8) is 0 Å². The number of rotatable bonds is 3. The third-order valence-electron chi connectivity index (χ3n) is 2.12. The number of carboxylic acids is 1. The minimum absolute atomic E-state index is 0.121. The van der Waals surface area contributed by atoms with E-state index >= 15 is 0 Å². The number of aliphatic hydroxyl groups is 1. The molecule has 10 heteroatoms. The summed E-state index contributed by atoms with van der Waals surface area (Å²) in [6, 6.07) is 0. The minimum atomic E-state index is -2.62. The summed E-state index contributed by atoms with van der Waals surface area (Å²) in [7, 11) is 0. The minimum Gasteiger partial charge on any atom is -0.475 e. The van der Waals surface area contributed by atoms with Crippen LogP contribution in [0.25, 0.3) is 0 Å². The van der Waals surface area contributed by atoms with Gasteiger partial charge >= 0.3 is 23.9 Å². The topological polar surface area (TPSA) is 154 Å². The smallest absolute Gasteiger partial charge is 0.387 e. The lowest BCUT2D eigenvalue weighted by Gasteiger charge is -2.21. The molecule has 1 heterocycles. The zero-order valence-corrected chi connectivity index (χ0v) is 9.73. The number of hydrogen-bond acceptors (Lipinski definition) is 9. The molecule has 1 unspecified atom stereocenters. The Bertz CT molecular complexity index is 504. The Balaban J connectivity index is 3.11. The number of esters is 1. The van der Waals surface area contributed by atoms with Crippen molar-refractivity contribution in [2.24, 2.45) is 0 Å². The number of carbonyl (C=O) groups is 5. The number of hydrogen-bond donors (Lipinski definition) is 2. The van der Waals surface area contributed by atoms with Gasteiger partial charge in [0, 0.05) is 6.42 Å². The van der Waals surface area contributed by atoms with E-state index in [9.17, 15) is 29.1 Å². The van der Waals surface area contributed by atoms with Gasteiger partial charge in [0.25, 0.3) is 0 Å². The molecule has 0 fully saturated rings.